The summed E-state index contributed by atoms with van der Waals surface area (Å²) in [6.07, 6.45) is 3.79. The average Bonchev–Trinajstić information content (AvgIpc) is 2.37. The van der Waals surface area contributed by atoms with Gasteiger partial charge in [-0.05, 0) is 35.6 Å². The van der Waals surface area contributed by atoms with Crippen LogP contribution < -0.4 is 5.73 Å². The van der Waals surface area contributed by atoms with Gasteiger partial charge in [0.1, 0.15) is 0 Å². The van der Waals surface area contributed by atoms with Crippen molar-refractivity contribution < 1.29 is 0 Å². The monoisotopic (exact) mass is 234 g/mol. The molecule has 0 aliphatic heterocycles. The van der Waals surface area contributed by atoms with E-state index in [1.54, 1.807) is 0 Å². The molecule has 0 saturated carbocycles. The molecule has 1 heterocycles. The van der Waals surface area contributed by atoms with E-state index in [1.807, 2.05) is 36.7 Å². The van der Waals surface area contributed by atoms with Crippen molar-refractivity contribution in [1.82, 2.24) is 4.98 Å². The minimum absolute atomic E-state index is 0.790. The molecule has 1 aromatic heterocycles. The molecule has 0 atom stereocenters. The van der Waals surface area contributed by atoms with Crippen molar-refractivity contribution >= 4 is 16.5 Å². The number of benzene rings is 2. The lowest BCUT2D eigenvalue weighted by Crippen LogP contribution is -1.89. The molecule has 18 heavy (non-hydrogen) atoms. The van der Waals surface area contributed by atoms with E-state index in [0.29, 0.717) is 0 Å². The summed E-state index contributed by atoms with van der Waals surface area (Å²) in [6, 6.07) is 14.4. The number of nitrogens with zero attached hydrogens (tertiary/aromatic N) is 1. The summed E-state index contributed by atoms with van der Waals surface area (Å²) in [6.45, 7) is 2.05. The first-order valence-corrected chi connectivity index (χ1v) is 5.94. The van der Waals surface area contributed by atoms with Crippen LogP contribution in [0.3, 0.4) is 0 Å². The second kappa shape index (κ2) is 4.15. The molecular weight excluding hydrogens is 220 g/mol. The molecule has 0 unspecified atom stereocenters. The molecule has 0 spiro atoms. The standard InChI is InChI=1S/C16H14N2/c1-11-6-13(8-14(17)7-11)16-10-18-9-12-4-2-3-5-15(12)16/h2-10H,17H2,1H3. The van der Waals surface area contributed by atoms with Crippen LogP contribution in [0.25, 0.3) is 21.9 Å². The van der Waals surface area contributed by atoms with E-state index < -0.39 is 0 Å². The fourth-order valence-corrected chi connectivity index (χ4v) is 2.31. The maximum atomic E-state index is 5.92. The molecule has 0 bridgehead atoms. The Balaban J connectivity index is 2.31. The third kappa shape index (κ3) is 1.82. The zero-order valence-electron chi connectivity index (χ0n) is 10.2. The van der Waals surface area contributed by atoms with Gasteiger partial charge >= 0.3 is 0 Å². The van der Waals surface area contributed by atoms with Crippen LogP contribution in [0.2, 0.25) is 0 Å². The molecule has 3 aromatic rings. The van der Waals surface area contributed by atoms with Crippen LogP contribution >= 0.6 is 0 Å². The molecule has 0 saturated heterocycles. The smallest absolute Gasteiger partial charge is 0.0352 e. The van der Waals surface area contributed by atoms with Crippen molar-refractivity contribution in [3.8, 4) is 11.1 Å². The summed E-state index contributed by atoms with van der Waals surface area (Å²) >= 11 is 0. The molecule has 0 fully saturated rings. The second-order valence-corrected chi connectivity index (χ2v) is 4.54. The van der Waals surface area contributed by atoms with Crippen molar-refractivity contribution in [2.45, 2.75) is 6.92 Å². The zero-order chi connectivity index (χ0) is 12.5. The minimum Gasteiger partial charge on any atom is -0.399 e. The lowest BCUT2D eigenvalue weighted by atomic mass is 9.99. The molecular formula is C16H14N2. The Hall–Kier alpha value is -2.35. The minimum atomic E-state index is 0.790. The van der Waals surface area contributed by atoms with Crippen LogP contribution in [0.4, 0.5) is 5.69 Å². The van der Waals surface area contributed by atoms with Crippen LogP contribution in [0.5, 0.6) is 0 Å². The number of anilines is 1. The van der Waals surface area contributed by atoms with Gasteiger partial charge in [0, 0.05) is 29.0 Å². The van der Waals surface area contributed by atoms with Crippen molar-refractivity contribution in [3.63, 3.8) is 0 Å². The molecule has 2 aromatic carbocycles. The van der Waals surface area contributed by atoms with Crippen molar-refractivity contribution in [2.24, 2.45) is 0 Å². The fourth-order valence-electron chi connectivity index (χ4n) is 2.31. The highest BCUT2D eigenvalue weighted by molar-refractivity contribution is 5.96. The topological polar surface area (TPSA) is 38.9 Å². The van der Waals surface area contributed by atoms with Crippen LogP contribution in [0.1, 0.15) is 5.56 Å². The second-order valence-electron chi connectivity index (χ2n) is 4.54. The van der Waals surface area contributed by atoms with Crippen molar-refractivity contribution in [2.75, 3.05) is 5.73 Å². The molecule has 0 radical (unpaired) electrons. The Morgan fingerprint density at radius 3 is 2.67 bits per heavy atom. The summed E-state index contributed by atoms with van der Waals surface area (Å²) < 4.78 is 0. The van der Waals surface area contributed by atoms with Gasteiger partial charge in [0.15, 0.2) is 0 Å². The van der Waals surface area contributed by atoms with Crippen LogP contribution in [0.15, 0.2) is 54.9 Å². The highest BCUT2D eigenvalue weighted by Gasteiger charge is 2.05. The first-order valence-electron chi connectivity index (χ1n) is 5.94. The van der Waals surface area contributed by atoms with E-state index in [9.17, 15) is 0 Å². The normalized spacial score (nSPS) is 10.7. The van der Waals surface area contributed by atoms with Gasteiger partial charge in [-0.1, -0.05) is 30.3 Å². The van der Waals surface area contributed by atoms with Crippen molar-refractivity contribution in [3.05, 3.63) is 60.4 Å². The fraction of sp³-hybridized carbons (Fsp3) is 0.0625. The third-order valence-corrected chi connectivity index (χ3v) is 3.08. The van der Waals surface area contributed by atoms with E-state index >= 15 is 0 Å². The average molecular weight is 234 g/mol. The van der Waals surface area contributed by atoms with Crippen molar-refractivity contribution in [1.29, 1.82) is 0 Å². The van der Waals surface area contributed by atoms with Gasteiger partial charge in [-0.25, -0.2) is 0 Å². The summed E-state index contributed by atoms with van der Waals surface area (Å²) in [5, 5.41) is 2.35. The third-order valence-electron chi connectivity index (χ3n) is 3.08. The molecule has 2 N–H and O–H groups in total. The van der Waals surface area contributed by atoms with Gasteiger partial charge in [0.2, 0.25) is 0 Å². The first-order chi connectivity index (χ1) is 8.74. The highest BCUT2D eigenvalue weighted by atomic mass is 14.6. The number of nitrogens with two attached hydrogens (primary N) is 1. The Kier molecular flexibility index (Phi) is 2.49. The van der Waals surface area contributed by atoms with Gasteiger partial charge in [-0.3, -0.25) is 4.98 Å². The van der Waals surface area contributed by atoms with E-state index in [2.05, 4.69) is 30.1 Å². The highest BCUT2D eigenvalue weighted by Crippen LogP contribution is 2.29. The lowest BCUT2D eigenvalue weighted by molar-refractivity contribution is 1.36. The Morgan fingerprint density at radius 2 is 1.83 bits per heavy atom. The number of hydrogen-bond acceptors (Lipinski definition) is 2. The number of aryl methyl sites for hydroxylation is 1. The molecule has 2 nitrogen and oxygen atoms in total. The lowest BCUT2D eigenvalue weighted by Gasteiger charge is -2.08. The summed E-state index contributed by atoms with van der Waals surface area (Å²) in [5.41, 5.74) is 10.1. The maximum absolute atomic E-state index is 5.92. The number of aromatic nitrogens is 1. The maximum Gasteiger partial charge on any atom is 0.0352 e. The summed E-state index contributed by atoms with van der Waals surface area (Å²) in [5.74, 6) is 0. The van der Waals surface area contributed by atoms with Gasteiger partial charge in [-0.15, -0.1) is 0 Å². The molecule has 0 amide bonds. The largest absolute Gasteiger partial charge is 0.399 e. The Bertz CT molecular complexity index is 692. The number of rotatable bonds is 1. The van der Waals surface area contributed by atoms with E-state index in [0.717, 1.165) is 27.8 Å². The quantitative estimate of drug-likeness (QED) is 0.650. The molecule has 2 heteroatoms. The molecule has 3 rings (SSSR count). The first kappa shape index (κ1) is 10.8. The number of nitrogen functional groups attached to an aromatic ring is 1. The Morgan fingerprint density at radius 1 is 1.00 bits per heavy atom. The van der Waals surface area contributed by atoms with Crippen LogP contribution in [-0.4, -0.2) is 4.98 Å². The van der Waals surface area contributed by atoms with Crippen LogP contribution in [0, 0.1) is 6.92 Å². The molecule has 88 valence electrons. The van der Waals surface area contributed by atoms with Crippen LogP contribution in [-0.2, 0) is 0 Å². The predicted octanol–water partition coefficient (Wildman–Crippen LogP) is 3.79. The van der Waals surface area contributed by atoms with Gasteiger partial charge < -0.3 is 5.73 Å². The SMILES string of the molecule is Cc1cc(N)cc(-c2cncc3ccccc23)c1. The number of fused-ring (bicyclic) bond motifs is 1. The van der Waals surface area contributed by atoms with Gasteiger partial charge in [0.25, 0.3) is 0 Å². The summed E-state index contributed by atoms with van der Waals surface area (Å²) in [4.78, 5) is 4.31. The molecule has 0 aliphatic rings. The van der Waals surface area contributed by atoms with Gasteiger partial charge in [0.05, 0.1) is 0 Å². The zero-order valence-corrected chi connectivity index (χ0v) is 10.2. The summed E-state index contributed by atoms with van der Waals surface area (Å²) in [7, 11) is 0. The Labute approximate surface area is 106 Å². The van der Waals surface area contributed by atoms with Gasteiger partial charge in [-0.2, -0.15) is 0 Å². The molecule has 0 aliphatic carbocycles. The van der Waals surface area contributed by atoms with E-state index in [1.165, 1.54) is 5.39 Å². The number of hydrogen-bond donors (Lipinski definition) is 1. The predicted molar refractivity (Wildman–Crippen MR) is 76.3 cm³/mol. The number of pyridine rings is 1. The van der Waals surface area contributed by atoms with E-state index in [-0.39, 0.29) is 0 Å². The van der Waals surface area contributed by atoms with E-state index in [4.69, 9.17) is 5.73 Å².